The fourth-order valence-corrected chi connectivity index (χ4v) is 3.13. The molecule has 0 unspecified atom stereocenters. The van der Waals surface area contributed by atoms with Gasteiger partial charge in [0, 0.05) is 12.3 Å². The van der Waals surface area contributed by atoms with Gasteiger partial charge in [-0.25, -0.2) is 4.98 Å². The molecule has 0 radical (unpaired) electrons. The predicted octanol–water partition coefficient (Wildman–Crippen LogP) is 3.12. The molecule has 0 spiro atoms. The predicted molar refractivity (Wildman–Crippen MR) is 109 cm³/mol. The summed E-state index contributed by atoms with van der Waals surface area (Å²) >= 11 is 0. The Balaban J connectivity index is 1.81. The van der Waals surface area contributed by atoms with Gasteiger partial charge in [-0.2, -0.15) is 0 Å². The van der Waals surface area contributed by atoms with E-state index in [-0.39, 0.29) is 29.8 Å². The zero-order valence-corrected chi connectivity index (χ0v) is 17.1. The van der Waals surface area contributed by atoms with Crippen LogP contribution in [0, 0.1) is 5.92 Å². The highest BCUT2D eigenvalue weighted by atomic mass is 16.5. The van der Waals surface area contributed by atoms with E-state index in [1.165, 1.54) is 24.9 Å². The lowest BCUT2D eigenvalue weighted by Gasteiger charge is -2.20. The van der Waals surface area contributed by atoms with E-state index in [0.29, 0.717) is 5.92 Å². The highest BCUT2D eigenvalue weighted by molar-refractivity contribution is 5.97. The Morgan fingerprint density at radius 1 is 1.21 bits per heavy atom. The summed E-state index contributed by atoms with van der Waals surface area (Å²) in [5.41, 5.74) is 1.05. The minimum atomic E-state index is -0.679. The third-order valence-corrected chi connectivity index (χ3v) is 4.66. The van der Waals surface area contributed by atoms with Crippen molar-refractivity contribution in [2.45, 2.75) is 39.2 Å². The summed E-state index contributed by atoms with van der Waals surface area (Å²) in [6.45, 7) is 3.66. The molecule has 7 heteroatoms. The van der Waals surface area contributed by atoms with Crippen LogP contribution in [0.3, 0.4) is 0 Å². The molecule has 1 heterocycles. The summed E-state index contributed by atoms with van der Waals surface area (Å²) in [4.78, 5) is 28.1. The van der Waals surface area contributed by atoms with E-state index < -0.39 is 11.9 Å². The van der Waals surface area contributed by atoms with E-state index in [1.807, 2.05) is 25.1 Å². The lowest BCUT2D eigenvalue weighted by atomic mass is 9.92. The number of aromatic hydroxyl groups is 1. The first-order valence-corrected chi connectivity index (χ1v) is 9.68. The highest BCUT2D eigenvalue weighted by Gasteiger charge is 2.19. The standard InChI is InChI=1S/C22H28N2O5/c1-4-16(13-17-8-6-5-7-9-17)12-15(2)29-19(25)14-24-22(27)20-21(26)18(28-3)10-11-23-20/h5-11,15-16,26H,4,12-14H2,1-3H3,(H,24,27)/t15-,16-/m0/s1. The van der Waals surface area contributed by atoms with Gasteiger partial charge in [0.2, 0.25) is 0 Å². The van der Waals surface area contributed by atoms with E-state index in [0.717, 1.165) is 19.3 Å². The van der Waals surface area contributed by atoms with Crippen LogP contribution in [0.15, 0.2) is 42.6 Å². The van der Waals surface area contributed by atoms with Gasteiger partial charge < -0.3 is 19.9 Å². The van der Waals surface area contributed by atoms with Crippen molar-refractivity contribution in [1.82, 2.24) is 10.3 Å². The molecule has 1 aromatic heterocycles. The third-order valence-electron chi connectivity index (χ3n) is 4.66. The Hall–Kier alpha value is -3.09. The fourth-order valence-electron chi connectivity index (χ4n) is 3.13. The molecule has 1 amide bonds. The van der Waals surface area contributed by atoms with Crippen molar-refractivity contribution in [3.63, 3.8) is 0 Å². The first-order chi connectivity index (χ1) is 13.9. The number of rotatable bonds is 10. The van der Waals surface area contributed by atoms with Crippen LogP contribution in [0.4, 0.5) is 0 Å². The topological polar surface area (TPSA) is 97.8 Å². The zero-order chi connectivity index (χ0) is 21.2. The van der Waals surface area contributed by atoms with Crippen molar-refractivity contribution < 1.29 is 24.2 Å². The second-order valence-corrected chi connectivity index (χ2v) is 6.89. The van der Waals surface area contributed by atoms with Crippen molar-refractivity contribution in [1.29, 1.82) is 0 Å². The first-order valence-electron chi connectivity index (χ1n) is 9.68. The van der Waals surface area contributed by atoms with Crippen LogP contribution < -0.4 is 10.1 Å². The lowest BCUT2D eigenvalue weighted by Crippen LogP contribution is -2.33. The number of benzene rings is 1. The highest BCUT2D eigenvalue weighted by Crippen LogP contribution is 2.27. The molecular weight excluding hydrogens is 372 g/mol. The van der Waals surface area contributed by atoms with Gasteiger partial charge >= 0.3 is 5.97 Å². The first kappa shape index (κ1) is 22.2. The molecule has 29 heavy (non-hydrogen) atoms. The summed E-state index contributed by atoms with van der Waals surface area (Å²) in [6.07, 6.45) is 3.72. The van der Waals surface area contributed by atoms with E-state index in [4.69, 9.17) is 9.47 Å². The monoisotopic (exact) mass is 400 g/mol. The molecular formula is C22H28N2O5. The molecule has 0 aliphatic rings. The number of carbonyl (C=O) groups excluding carboxylic acids is 2. The summed E-state index contributed by atoms with van der Waals surface area (Å²) in [7, 11) is 1.37. The van der Waals surface area contributed by atoms with Crippen molar-refractivity contribution in [3.8, 4) is 11.5 Å². The van der Waals surface area contributed by atoms with Crippen LogP contribution >= 0.6 is 0 Å². The SMILES string of the molecule is CC[C@H](Cc1ccccc1)C[C@H](C)OC(=O)CNC(=O)c1nccc(OC)c1O. The van der Waals surface area contributed by atoms with E-state index >= 15 is 0 Å². The average Bonchev–Trinajstić information content (AvgIpc) is 2.72. The number of esters is 1. The van der Waals surface area contributed by atoms with Crippen molar-refractivity contribution in [2.24, 2.45) is 5.92 Å². The number of carbonyl (C=O) groups is 2. The van der Waals surface area contributed by atoms with Crippen LogP contribution in [0.2, 0.25) is 0 Å². The zero-order valence-electron chi connectivity index (χ0n) is 17.1. The summed E-state index contributed by atoms with van der Waals surface area (Å²) in [5.74, 6) is -1.07. The second-order valence-electron chi connectivity index (χ2n) is 6.89. The van der Waals surface area contributed by atoms with Crippen LogP contribution in [-0.4, -0.2) is 41.7 Å². The molecule has 2 aromatic rings. The van der Waals surface area contributed by atoms with Gasteiger partial charge in [0.25, 0.3) is 5.91 Å². The average molecular weight is 400 g/mol. The summed E-state index contributed by atoms with van der Waals surface area (Å²) in [6, 6.07) is 11.6. The van der Waals surface area contributed by atoms with Gasteiger partial charge in [-0.1, -0.05) is 43.7 Å². The molecule has 1 aromatic carbocycles. The molecule has 7 nitrogen and oxygen atoms in total. The van der Waals surface area contributed by atoms with E-state index in [9.17, 15) is 14.7 Å². The Kier molecular flexibility index (Phi) is 8.45. The number of nitrogens with zero attached hydrogens (tertiary/aromatic N) is 1. The summed E-state index contributed by atoms with van der Waals surface area (Å²) < 4.78 is 10.4. The smallest absolute Gasteiger partial charge is 0.325 e. The maximum atomic E-state index is 12.2. The number of aromatic nitrogens is 1. The Labute approximate surface area is 171 Å². The van der Waals surface area contributed by atoms with E-state index in [1.54, 1.807) is 0 Å². The molecule has 2 rings (SSSR count). The molecule has 2 N–H and O–H groups in total. The molecule has 0 fully saturated rings. The van der Waals surface area contributed by atoms with Gasteiger partial charge in [-0.05, 0) is 31.2 Å². The Morgan fingerprint density at radius 2 is 1.93 bits per heavy atom. The number of pyridine rings is 1. The molecule has 156 valence electrons. The maximum absolute atomic E-state index is 12.2. The van der Waals surface area contributed by atoms with Gasteiger partial charge in [0.15, 0.2) is 17.2 Å². The van der Waals surface area contributed by atoms with Gasteiger partial charge in [-0.3, -0.25) is 9.59 Å². The summed E-state index contributed by atoms with van der Waals surface area (Å²) in [5, 5.41) is 12.4. The molecule has 0 saturated heterocycles. The van der Waals surface area contributed by atoms with Crippen LogP contribution in [0.25, 0.3) is 0 Å². The van der Waals surface area contributed by atoms with Crippen molar-refractivity contribution in [2.75, 3.05) is 13.7 Å². The molecule has 0 aliphatic carbocycles. The minimum Gasteiger partial charge on any atom is -0.503 e. The number of methoxy groups -OCH3 is 1. The Bertz CT molecular complexity index is 810. The molecule has 2 atom stereocenters. The molecule has 0 saturated carbocycles. The normalized spacial score (nSPS) is 12.7. The van der Waals surface area contributed by atoms with Crippen LogP contribution in [0.1, 0.15) is 42.7 Å². The van der Waals surface area contributed by atoms with Crippen LogP contribution in [-0.2, 0) is 16.0 Å². The van der Waals surface area contributed by atoms with Gasteiger partial charge in [0.1, 0.15) is 6.54 Å². The Morgan fingerprint density at radius 3 is 2.59 bits per heavy atom. The largest absolute Gasteiger partial charge is 0.503 e. The molecule has 0 aliphatic heterocycles. The number of nitrogens with one attached hydrogen (secondary N) is 1. The van der Waals surface area contributed by atoms with Gasteiger partial charge in [-0.15, -0.1) is 0 Å². The minimum absolute atomic E-state index is 0.130. The quantitative estimate of drug-likeness (QED) is 0.595. The van der Waals surface area contributed by atoms with Crippen LogP contribution in [0.5, 0.6) is 11.5 Å². The fraction of sp³-hybridized carbons (Fsp3) is 0.409. The maximum Gasteiger partial charge on any atom is 0.325 e. The number of amides is 1. The van der Waals surface area contributed by atoms with Crippen molar-refractivity contribution in [3.05, 3.63) is 53.9 Å². The lowest BCUT2D eigenvalue weighted by molar-refractivity contribution is -0.147. The number of hydrogen-bond donors (Lipinski definition) is 2. The van der Waals surface area contributed by atoms with E-state index in [2.05, 4.69) is 29.4 Å². The third kappa shape index (κ3) is 6.78. The number of ether oxygens (including phenoxy) is 2. The van der Waals surface area contributed by atoms with Gasteiger partial charge in [0.05, 0.1) is 13.2 Å². The van der Waals surface area contributed by atoms with Crippen molar-refractivity contribution >= 4 is 11.9 Å². The molecule has 0 bridgehead atoms. The second kappa shape index (κ2) is 11.0. The number of hydrogen-bond acceptors (Lipinski definition) is 6.